The number of ether oxygens (including phenoxy) is 1. The van der Waals surface area contributed by atoms with Gasteiger partial charge in [-0.05, 0) is 156 Å². The first kappa shape index (κ1) is 42.7. The van der Waals surface area contributed by atoms with Gasteiger partial charge in [-0.2, -0.15) is 10.2 Å². The van der Waals surface area contributed by atoms with E-state index in [2.05, 4.69) is 93.1 Å². The van der Waals surface area contributed by atoms with E-state index in [1.165, 1.54) is 62.7 Å². The molecule has 14 nitrogen and oxygen atoms in total. The molecule has 6 aromatic rings. The van der Waals surface area contributed by atoms with E-state index in [9.17, 15) is 9.59 Å². The summed E-state index contributed by atoms with van der Waals surface area (Å²) >= 11 is 0. The average molecular weight is 852 g/mol. The van der Waals surface area contributed by atoms with E-state index in [0.29, 0.717) is 24.6 Å². The minimum Gasteiger partial charge on any atom is -0.381 e. The summed E-state index contributed by atoms with van der Waals surface area (Å²) in [5.74, 6) is -0.229. The summed E-state index contributed by atoms with van der Waals surface area (Å²) in [4.78, 5) is 42.1. The van der Waals surface area contributed by atoms with Gasteiger partial charge in [-0.25, -0.2) is 0 Å². The lowest BCUT2D eigenvalue weighted by Gasteiger charge is -2.29. The number of piperidine rings is 3. The summed E-state index contributed by atoms with van der Waals surface area (Å²) < 4.78 is 5.38. The molecule has 330 valence electrons. The zero-order chi connectivity index (χ0) is 43.0. The average Bonchev–Trinajstić information content (AvgIpc) is 3.96. The molecule has 0 atom stereocenters. The SMILES string of the molecule is CN1CCC(NC(=O)c2n[nH]c3ccc(-c4cncc(CN5CCCCC5)c4)cc23)CC1.O=C(NC1CCOCC1)c1n[nH]c2ccc(-c3cncc(CN4CCCCC4)c3)cc12. The van der Waals surface area contributed by atoms with Crippen molar-refractivity contribution in [2.24, 2.45) is 0 Å². The second-order valence-electron chi connectivity index (χ2n) is 17.9. The molecule has 2 amide bonds. The predicted molar refractivity (Wildman–Crippen MR) is 246 cm³/mol. The molecule has 10 rings (SSSR count). The molecular formula is C49H61N11O3. The number of nitrogens with one attached hydrogen (secondary N) is 4. The van der Waals surface area contributed by atoms with Crippen LogP contribution in [-0.4, -0.2) is 128 Å². The number of fused-ring (bicyclic) bond motifs is 2. The summed E-state index contributed by atoms with van der Waals surface area (Å²) in [6.45, 7) is 9.95. The number of nitrogens with zero attached hydrogens (tertiary/aromatic N) is 7. The van der Waals surface area contributed by atoms with Crippen molar-refractivity contribution >= 4 is 33.6 Å². The van der Waals surface area contributed by atoms with Gasteiger partial charge in [-0.15, -0.1) is 0 Å². The second-order valence-corrected chi connectivity index (χ2v) is 17.9. The lowest BCUT2D eigenvalue weighted by Crippen LogP contribution is -2.43. The number of aromatic amines is 2. The Hall–Kier alpha value is -5.54. The fourth-order valence-corrected chi connectivity index (χ4v) is 9.45. The molecule has 4 N–H and O–H groups in total. The number of hydrogen-bond acceptors (Lipinski definition) is 10. The Morgan fingerprint density at radius 2 is 1.05 bits per heavy atom. The fraction of sp³-hybridized carbons (Fsp3) is 0.469. The quantitative estimate of drug-likeness (QED) is 0.114. The van der Waals surface area contributed by atoms with Crippen LogP contribution in [0.1, 0.15) is 96.3 Å². The van der Waals surface area contributed by atoms with E-state index < -0.39 is 0 Å². The fourth-order valence-electron chi connectivity index (χ4n) is 9.45. The smallest absolute Gasteiger partial charge is 0.272 e. The van der Waals surface area contributed by atoms with Crippen LogP contribution in [0.15, 0.2) is 73.3 Å². The highest BCUT2D eigenvalue weighted by Crippen LogP contribution is 2.28. The molecule has 14 heteroatoms. The zero-order valence-electron chi connectivity index (χ0n) is 36.6. The monoisotopic (exact) mass is 851 g/mol. The number of carbonyl (C=O) groups excluding carboxylic acids is 2. The molecule has 4 fully saturated rings. The number of carbonyl (C=O) groups is 2. The van der Waals surface area contributed by atoms with Gasteiger partial charge < -0.3 is 20.3 Å². The largest absolute Gasteiger partial charge is 0.381 e. The molecule has 0 saturated carbocycles. The van der Waals surface area contributed by atoms with Gasteiger partial charge in [-0.3, -0.25) is 39.6 Å². The molecule has 4 aliphatic heterocycles. The topological polar surface area (TPSA) is 160 Å². The number of H-pyrrole nitrogens is 2. The summed E-state index contributed by atoms with van der Waals surface area (Å²) in [6.07, 6.45) is 19.2. The van der Waals surface area contributed by atoms with Crippen molar-refractivity contribution in [3.05, 3.63) is 95.8 Å². The Labute approximate surface area is 369 Å². The van der Waals surface area contributed by atoms with Gasteiger partial charge in [0.25, 0.3) is 11.8 Å². The van der Waals surface area contributed by atoms with Crippen LogP contribution in [0.2, 0.25) is 0 Å². The van der Waals surface area contributed by atoms with E-state index in [1.807, 2.05) is 43.0 Å². The van der Waals surface area contributed by atoms with Gasteiger partial charge in [0.1, 0.15) is 0 Å². The lowest BCUT2D eigenvalue weighted by atomic mass is 10.0. The van der Waals surface area contributed by atoms with Crippen LogP contribution in [0.4, 0.5) is 0 Å². The van der Waals surface area contributed by atoms with E-state index in [4.69, 9.17) is 4.74 Å². The van der Waals surface area contributed by atoms with E-state index in [0.717, 1.165) is 109 Å². The van der Waals surface area contributed by atoms with Crippen LogP contribution in [0.25, 0.3) is 44.1 Å². The minimum absolute atomic E-state index is 0.0973. The zero-order valence-corrected chi connectivity index (χ0v) is 36.6. The number of amides is 2. The number of aromatic nitrogens is 6. The molecule has 0 unspecified atom stereocenters. The first-order valence-electron chi connectivity index (χ1n) is 23.1. The van der Waals surface area contributed by atoms with Gasteiger partial charge in [0.2, 0.25) is 0 Å². The summed E-state index contributed by atoms with van der Waals surface area (Å²) in [6, 6.07) is 17.0. The second kappa shape index (κ2) is 20.3. The summed E-state index contributed by atoms with van der Waals surface area (Å²) in [5, 5.41) is 22.6. The number of likely N-dealkylation sites (tertiary alicyclic amines) is 3. The van der Waals surface area contributed by atoms with Crippen molar-refractivity contribution < 1.29 is 14.3 Å². The van der Waals surface area contributed by atoms with E-state index >= 15 is 0 Å². The first-order valence-corrected chi connectivity index (χ1v) is 23.1. The molecule has 0 aliphatic carbocycles. The van der Waals surface area contributed by atoms with Gasteiger partial charge in [-0.1, -0.05) is 25.0 Å². The predicted octanol–water partition coefficient (Wildman–Crippen LogP) is 6.95. The van der Waals surface area contributed by atoms with Crippen molar-refractivity contribution in [1.82, 2.24) is 55.7 Å². The first-order chi connectivity index (χ1) is 30.9. The molecular weight excluding hydrogens is 791 g/mol. The molecule has 2 aromatic carbocycles. The van der Waals surface area contributed by atoms with Crippen LogP contribution < -0.4 is 10.6 Å². The van der Waals surface area contributed by atoms with Crippen LogP contribution in [0.5, 0.6) is 0 Å². The molecule has 0 spiro atoms. The Balaban J connectivity index is 0.000000160. The van der Waals surface area contributed by atoms with Crippen molar-refractivity contribution in [2.75, 3.05) is 59.5 Å². The molecule has 4 saturated heterocycles. The van der Waals surface area contributed by atoms with Gasteiger partial charge in [0.15, 0.2) is 11.4 Å². The molecule has 4 aromatic heterocycles. The van der Waals surface area contributed by atoms with Crippen molar-refractivity contribution in [1.29, 1.82) is 0 Å². The third-order valence-electron chi connectivity index (χ3n) is 13.1. The number of pyridine rings is 2. The van der Waals surface area contributed by atoms with E-state index in [-0.39, 0.29) is 23.9 Å². The maximum Gasteiger partial charge on any atom is 0.272 e. The minimum atomic E-state index is -0.132. The van der Waals surface area contributed by atoms with Crippen LogP contribution in [-0.2, 0) is 17.8 Å². The number of benzene rings is 2. The van der Waals surface area contributed by atoms with E-state index in [1.54, 1.807) is 0 Å². The maximum atomic E-state index is 13.0. The van der Waals surface area contributed by atoms with Crippen LogP contribution in [0, 0.1) is 0 Å². The maximum absolute atomic E-state index is 13.0. The normalized spacial score (nSPS) is 18.6. The molecule has 0 radical (unpaired) electrons. The number of hydrogen-bond donors (Lipinski definition) is 4. The number of rotatable bonds is 10. The van der Waals surface area contributed by atoms with Crippen LogP contribution in [0.3, 0.4) is 0 Å². The molecule has 0 bridgehead atoms. The Morgan fingerprint density at radius 1 is 0.587 bits per heavy atom. The van der Waals surface area contributed by atoms with Gasteiger partial charge in [0, 0.05) is 85.1 Å². The lowest BCUT2D eigenvalue weighted by molar-refractivity contribution is 0.0694. The third kappa shape index (κ3) is 10.8. The highest BCUT2D eigenvalue weighted by atomic mass is 16.5. The van der Waals surface area contributed by atoms with Gasteiger partial charge >= 0.3 is 0 Å². The molecule has 8 heterocycles. The highest BCUT2D eigenvalue weighted by Gasteiger charge is 2.23. The Kier molecular flexibility index (Phi) is 13.8. The summed E-state index contributed by atoms with van der Waals surface area (Å²) in [7, 11) is 2.12. The Bertz CT molecular complexity index is 2470. The highest BCUT2D eigenvalue weighted by molar-refractivity contribution is 6.06. The summed E-state index contributed by atoms with van der Waals surface area (Å²) in [5.41, 5.74) is 9.35. The van der Waals surface area contributed by atoms with Crippen molar-refractivity contribution in [3.8, 4) is 22.3 Å². The molecule has 63 heavy (non-hydrogen) atoms. The molecule has 4 aliphatic rings. The Morgan fingerprint density at radius 3 is 1.52 bits per heavy atom. The standard InChI is InChI=1S/C25H32N6O.C24H29N5O2/c1-30-11-7-21(8-12-30)27-25(32)24-22-14-19(5-6-23(22)28-29-24)20-13-18(15-26-16-20)17-31-9-3-2-4-10-31;30-24(26-20-6-10-31-11-7-20)23-21-13-18(4-5-22(21)27-28-23)19-12-17(14-25-15-19)16-29-8-2-1-3-9-29/h5-6,13-16,21H,2-4,7-12,17H2,1H3,(H,27,32)(H,28,29);4-5,12-15,20H,1-3,6-11,16H2,(H,26,30)(H,27,28). The van der Waals surface area contributed by atoms with Crippen molar-refractivity contribution in [2.45, 2.75) is 89.4 Å². The third-order valence-corrected chi connectivity index (χ3v) is 13.1. The van der Waals surface area contributed by atoms with Crippen molar-refractivity contribution in [3.63, 3.8) is 0 Å². The van der Waals surface area contributed by atoms with Gasteiger partial charge in [0.05, 0.1) is 11.0 Å². The van der Waals surface area contributed by atoms with Crippen LogP contribution >= 0.6 is 0 Å².